The molecule has 2 amide bonds. The summed E-state index contributed by atoms with van der Waals surface area (Å²) in [7, 11) is 0. The van der Waals surface area contributed by atoms with Crippen LogP contribution in [-0.4, -0.2) is 22.9 Å². The lowest BCUT2D eigenvalue weighted by atomic mass is 9.82. The second kappa shape index (κ2) is 7.77. The quantitative estimate of drug-likeness (QED) is 0.583. The van der Waals surface area contributed by atoms with Crippen LogP contribution in [0.4, 0.5) is 0 Å². The lowest BCUT2D eigenvalue weighted by molar-refractivity contribution is -0.147. The molecule has 0 aliphatic heterocycles. The molecule has 24 heavy (non-hydrogen) atoms. The molecule has 2 rings (SSSR count). The fourth-order valence-corrected chi connectivity index (χ4v) is 2.68. The first-order valence-electron chi connectivity index (χ1n) is 7.98. The summed E-state index contributed by atoms with van der Waals surface area (Å²) in [5.41, 5.74) is 6.23. The minimum Gasteiger partial charge on any atom is -0.481 e. The average Bonchev–Trinajstić information content (AvgIpc) is 2.59. The van der Waals surface area contributed by atoms with Crippen molar-refractivity contribution in [2.24, 2.45) is 11.8 Å². The predicted molar refractivity (Wildman–Crippen MR) is 89.1 cm³/mol. The van der Waals surface area contributed by atoms with Gasteiger partial charge in [-0.15, -0.1) is 0 Å². The molecular formula is C18H22N2O4. The highest BCUT2D eigenvalue weighted by atomic mass is 16.4. The minimum atomic E-state index is -1.00. The van der Waals surface area contributed by atoms with Gasteiger partial charge in [0.25, 0.3) is 5.91 Å². The highest BCUT2D eigenvalue weighted by molar-refractivity contribution is 5.96. The third-order valence-corrected chi connectivity index (χ3v) is 4.23. The Kier molecular flexibility index (Phi) is 5.73. The first-order valence-corrected chi connectivity index (χ1v) is 7.98. The van der Waals surface area contributed by atoms with E-state index in [-0.39, 0.29) is 0 Å². The molecule has 0 unspecified atom stereocenters. The van der Waals surface area contributed by atoms with E-state index in [1.54, 1.807) is 24.3 Å². The Balaban J connectivity index is 1.94. The fourth-order valence-electron chi connectivity index (χ4n) is 2.68. The van der Waals surface area contributed by atoms with Crippen LogP contribution in [0.15, 0.2) is 36.4 Å². The van der Waals surface area contributed by atoms with E-state index in [1.807, 2.05) is 12.1 Å². The molecule has 2 atom stereocenters. The molecule has 0 radical (unpaired) electrons. The van der Waals surface area contributed by atoms with Crippen molar-refractivity contribution in [3.63, 3.8) is 0 Å². The van der Waals surface area contributed by atoms with Gasteiger partial charge in [0.05, 0.1) is 11.8 Å². The van der Waals surface area contributed by atoms with Gasteiger partial charge in [0.2, 0.25) is 5.91 Å². The molecule has 0 aromatic heterocycles. The first kappa shape index (κ1) is 17.7. The second-order valence-electron chi connectivity index (χ2n) is 6.21. The Morgan fingerprint density at radius 2 is 1.58 bits per heavy atom. The van der Waals surface area contributed by atoms with E-state index >= 15 is 0 Å². The molecule has 1 aromatic carbocycles. The lowest BCUT2D eigenvalue weighted by Gasteiger charge is -2.24. The van der Waals surface area contributed by atoms with Gasteiger partial charge in [-0.05, 0) is 36.5 Å². The molecule has 0 fully saturated rings. The number of hydrazine groups is 1. The smallest absolute Gasteiger partial charge is 0.307 e. The maximum Gasteiger partial charge on any atom is 0.307 e. The molecule has 1 aliphatic rings. The maximum atomic E-state index is 12.2. The number of amides is 2. The molecule has 0 saturated carbocycles. The molecule has 3 N–H and O–H groups in total. The number of benzene rings is 1. The summed E-state index contributed by atoms with van der Waals surface area (Å²) in [6, 6.07) is 7.13. The number of allylic oxidation sites excluding steroid dienone is 2. The van der Waals surface area contributed by atoms with Crippen LogP contribution in [0.5, 0.6) is 0 Å². The van der Waals surface area contributed by atoms with Gasteiger partial charge in [-0.25, -0.2) is 0 Å². The number of aliphatic carboxylic acids is 1. The van der Waals surface area contributed by atoms with Crippen molar-refractivity contribution in [2.75, 3.05) is 0 Å². The number of carbonyl (C=O) groups excluding carboxylic acids is 2. The zero-order valence-electron chi connectivity index (χ0n) is 13.8. The van der Waals surface area contributed by atoms with Gasteiger partial charge >= 0.3 is 5.97 Å². The van der Waals surface area contributed by atoms with Crippen LogP contribution >= 0.6 is 0 Å². The van der Waals surface area contributed by atoms with Gasteiger partial charge in [-0.1, -0.05) is 38.1 Å². The summed E-state index contributed by atoms with van der Waals surface area (Å²) in [4.78, 5) is 35.5. The number of rotatable bonds is 4. The van der Waals surface area contributed by atoms with E-state index in [4.69, 9.17) is 0 Å². The maximum absolute atomic E-state index is 12.2. The number of nitrogens with one attached hydrogen (secondary N) is 2. The number of hydrogen-bond acceptors (Lipinski definition) is 3. The van der Waals surface area contributed by atoms with Crippen molar-refractivity contribution in [1.82, 2.24) is 10.9 Å². The number of carboxylic acids is 1. The van der Waals surface area contributed by atoms with Gasteiger partial charge in [-0.2, -0.15) is 0 Å². The molecule has 6 heteroatoms. The fraction of sp³-hybridized carbons (Fsp3) is 0.389. The molecule has 128 valence electrons. The zero-order chi connectivity index (χ0) is 17.7. The monoisotopic (exact) mass is 330 g/mol. The van der Waals surface area contributed by atoms with Crippen LogP contribution in [-0.2, 0) is 9.59 Å². The van der Waals surface area contributed by atoms with E-state index in [0.29, 0.717) is 24.3 Å². The third kappa shape index (κ3) is 4.22. The summed E-state index contributed by atoms with van der Waals surface area (Å²) >= 11 is 0. The minimum absolute atomic E-state index is 0.317. The summed E-state index contributed by atoms with van der Waals surface area (Å²) in [6.45, 7) is 4.12. The molecule has 0 saturated heterocycles. The largest absolute Gasteiger partial charge is 0.481 e. The van der Waals surface area contributed by atoms with Crippen LogP contribution < -0.4 is 10.9 Å². The van der Waals surface area contributed by atoms with Crippen LogP contribution in [0.25, 0.3) is 0 Å². The van der Waals surface area contributed by atoms with E-state index in [2.05, 4.69) is 24.7 Å². The van der Waals surface area contributed by atoms with Gasteiger partial charge < -0.3 is 5.11 Å². The standard InChI is InChI=1S/C18H22N2O4/c1-11(2)12-7-9-13(10-8-12)16(21)19-20-17(22)14-5-3-4-6-15(14)18(23)24/h3-4,7-11,14-15H,5-6H2,1-2H3,(H,19,21)(H,20,22)(H,23,24)/t14-,15-/m1/s1. The topological polar surface area (TPSA) is 95.5 Å². The molecule has 1 aliphatic carbocycles. The molecule has 0 spiro atoms. The summed E-state index contributed by atoms with van der Waals surface area (Å²) in [6.07, 6.45) is 4.22. The third-order valence-electron chi connectivity index (χ3n) is 4.23. The second-order valence-corrected chi connectivity index (χ2v) is 6.21. The molecule has 6 nitrogen and oxygen atoms in total. The van der Waals surface area contributed by atoms with Crippen LogP contribution in [0, 0.1) is 11.8 Å². The van der Waals surface area contributed by atoms with Crippen LogP contribution in [0.1, 0.15) is 48.5 Å². The van der Waals surface area contributed by atoms with Crippen LogP contribution in [0.3, 0.4) is 0 Å². The SMILES string of the molecule is CC(C)c1ccc(C(=O)NNC(=O)[C@@H]2CC=CC[C@H]2C(=O)O)cc1. The van der Waals surface area contributed by atoms with Crippen molar-refractivity contribution >= 4 is 17.8 Å². The number of carbonyl (C=O) groups is 3. The highest BCUT2D eigenvalue weighted by Crippen LogP contribution is 2.25. The van der Waals surface area contributed by atoms with Crippen molar-refractivity contribution in [3.05, 3.63) is 47.5 Å². The van der Waals surface area contributed by atoms with E-state index in [9.17, 15) is 19.5 Å². The highest BCUT2D eigenvalue weighted by Gasteiger charge is 2.34. The van der Waals surface area contributed by atoms with Gasteiger partial charge in [0, 0.05) is 5.56 Å². The predicted octanol–water partition coefficient (Wildman–Crippen LogP) is 2.24. The lowest BCUT2D eigenvalue weighted by Crippen LogP contribution is -2.47. The van der Waals surface area contributed by atoms with Crippen molar-refractivity contribution in [2.45, 2.75) is 32.6 Å². The van der Waals surface area contributed by atoms with Crippen molar-refractivity contribution in [1.29, 1.82) is 0 Å². The molecule has 1 aromatic rings. The van der Waals surface area contributed by atoms with Crippen LogP contribution in [0.2, 0.25) is 0 Å². The van der Waals surface area contributed by atoms with Crippen molar-refractivity contribution in [3.8, 4) is 0 Å². The molecule has 0 heterocycles. The Morgan fingerprint density at radius 1 is 1.00 bits per heavy atom. The zero-order valence-corrected chi connectivity index (χ0v) is 13.8. The van der Waals surface area contributed by atoms with E-state index in [0.717, 1.165) is 5.56 Å². The van der Waals surface area contributed by atoms with Gasteiger partial charge in [0.1, 0.15) is 0 Å². The summed E-state index contributed by atoms with van der Waals surface area (Å²) < 4.78 is 0. The van der Waals surface area contributed by atoms with E-state index < -0.39 is 29.6 Å². The molecule has 0 bridgehead atoms. The summed E-state index contributed by atoms with van der Waals surface area (Å²) in [5.74, 6) is -3.01. The summed E-state index contributed by atoms with van der Waals surface area (Å²) in [5, 5.41) is 9.18. The van der Waals surface area contributed by atoms with Gasteiger partial charge in [0.15, 0.2) is 0 Å². The van der Waals surface area contributed by atoms with Crippen molar-refractivity contribution < 1.29 is 19.5 Å². The Hall–Kier alpha value is -2.63. The molecular weight excluding hydrogens is 308 g/mol. The average molecular weight is 330 g/mol. The first-order chi connectivity index (χ1) is 11.4. The Bertz CT molecular complexity index is 649. The Morgan fingerprint density at radius 3 is 2.12 bits per heavy atom. The normalized spacial score (nSPS) is 19.8. The Labute approximate surface area is 140 Å². The van der Waals surface area contributed by atoms with Gasteiger partial charge in [-0.3, -0.25) is 25.2 Å². The number of carboxylic acid groups (broad SMARTS) is 1. The van der Waals surface area contributed by atoms with E-state index in [1.165, 1.54) is 0 Å². The number of hydrogen-bond donors (Lipinski definition) is 3.